The highest BCUT2D eigenvalue weighted by molar-refractivity contribution is 14.0. The van der Waals surface area contributed by atoms with E-state index in [1.54, 1.807) is 0 Å². The van der Waals surface area contributed by atoms with Crippen molar-refractivity contribution in [2.45, 2.75) is 32.0 Å². The molecule has 0 bridgehead atoms. The number of nitrogens with zero attached hydrogens (tertiary/aromatic N) is 4. The number of guanidine groups is 1. The van der Waals surface area contributed by atoms with E-state index in [4.69, 9.17) is 9.73 Å². The lowest BCUT2D eigenvalue weighted by atomic mass is 10.1. The molecule has 34 heavy (non-hydrogen) atoms. The molecule has 6 nitrogen and oxygen atoms in total. The Morgan fingerprint density at radius 3 is 2.79 bits per heavy atom. The number of ether oxygens (including phenoxy) is 1. The number of hydrogen-bond acceptors (Lipinski definition) is 4. The number of halogens is 1. The van der Waals surface area contributed by atoms with E-state index in [1.807, 2.05) is 12.3 Å². The standard InChI is InChI=1S/C27H33N5O.HI/c1-2-28-27(30-15-13-23-11-6-10-22-12-7-14-29-26(22)23)32-19-24-25(20-32)33-17-16-31(24)18-21-8-4-3-5-9-21;/h3-12,14,24-25H,2,13,15-20H2,1H3,(H,28,30);1H. The van der Waals surface area contributed by atoms with Crippen molar-refractivity contribution in [1.29, 1.82) is 0 Å². The van der Waals surface area contributed by atoms with Crippen LogP contribution in [0.1, 0.15) is 18.1 Å². The number of fused-ring (bicyclic) bond motifs is 2. The van der Waals surface area contributed by atoms with Crippen LogP contribution in [-0.2, 0) is 17.7 Å². The summed E-state index contributed by atoms with van der Waals surface area (Å²) in [5.41, 5.74) is 3.69. The van der Waals surface area contributed by atoms with Gasteiger partial charge in [0, 0.05) is 50.9 Å². The van der Waals surface area contributed by atoms with Crippen LogP contribution in [-0.4, -0.2) is 72.2 Å². The van der Waals surface area contributed by atoms with Crippen LogP contribution in [0.25, 0.3) is 10.9 Å². The molecule has 0 aliphatic carbocycles. The van der Waals surface area contributed by atoms with Gasteiger partial charge in [0.1, 0.15) is 0 Å². The van der Waals surface area contributed by atoms with Gasteiger partial charge in [-0.25, -0.2) is 0 Å². The summed E-state index contributed by atoms with van der Waals surface area (Å²) >= 11 is 0. The topological polar surface area (TPSA) is 53.0 Å². The van der Waals surface area contributed by atoms with Crippen LogP contribution < -0.4 is 5.32 Å². The number of aromatic nitrogens is 1. The summed E-state index contributed by atoms with van der Waals surface area (Å²) in [7, 11) is 0. The zero-order valence-corrected chi connectivity index (χ0v) is 22.1. The molecule has 0 spiro atoms. The van der Waals surface area contributed by atoms with Crippen molar-refractivity contribution < 1.29 is 4.74 Å². The first-order valence-electron chi connectivity index (χ1n) is 12.1. The van der Waals surface area contributed by atoms with Crippen molar-refractivity contribution in [2.24, 2.45) is 4.99 Å². The van der Waals surface area contributed by atoms with E-state index < -0.39 is 0 Å². The molecule has 0 radical (unpaired) electrons. The third-order valence-electron chi connectivity index (χ3n) is 6.64. The fourth-order valence-electron chi connectivity index (χ4n) is 5.02. The zero-order chi connectivity index (χ0) is 22.5. The number of benzene rings is 2. The van der Waals surface area contributed by atoms with Gasteiger partial charge in [0.15, 0.2) is 5.96 Å². The lowest BCUT2D eigenvalue weighted by Gasteiger charge is -2.36. The largest absolute Gasteiger partial charge is 0.373 e. The van der Waals surface area contributed by atoms with Crippen LogP contribution >= 0.6 is 24.0 Å². The van der Waals surface area contributed by atoms with Gasteiger partial charge in [0.2, 0.25) is 0 Å². The summed E-state index contributed by atoms with van der Waals surface area (Å²) in [5.74, 6) is 0.989. The second kappa shape index (κ2) is 12.0. The molecular formula is C27H34IN5O. The molecule has 2 atom stereocenters. The van der Waals surface area contributed by atoms with E-state index in [1.165, 1.54) is 16.5 Å². The summed E-state index contributed by atoms with van der Waals surface area (Å²) in [4.78, 5) is 14.5. The van der Waals surface area contributed by atoms with E-state index in [9.17, 15) is 0 Å². The maximum atomic E-state index is 6.18. The van der Waals surface area contributed by atoms with E-state index >= 15 is 0 Å². The maximum Gasteiger partial charge on any atom is 0.194 e. The molecule has 2 aromatic carbocycles. The summed E-state index contributed by atoms with van der Waals surface area (Å²) in [6.45, 7) is 8.30. The highest BCUT2D eigenvalue weighted by atomic mass is 127. The third-order valence-corrected chi connectivity index (χ3v) is 6.64. The first-order chi connectivity index (χ1) is 16.3. The normalized spacial score (nSPS) is 20.7. The van der Waals surface area contributed by atoms with Crippen LogP contribution in [0.5, 0.6) is 0 Å². The number of rotatable bonds is 6. The van der Waals surface area contributed by atoms with E-state index in [-0.39, 0.29) is 30.1 Å². The average Bonchev–Trinajstić information content (AvgIpc) is 3.30. The zero-order valence-electron chi connectivity index (χ0n) is 19.8. The Bertz CT molecular complexity index is 1090. The molecule has 2 aliphatic rings. The number of aliphatic imine (C=N–C) groups is 1. The molecule has 2 saturated heterocycles. The average molecular weight is 572 g/mol. The molecule has 2 aliphatic heterocycles. The molecule has 3 heterocycles. The summed E-state index contributed by atoms with van der Waals surface area (Å²) in [5, 5.41) is 4.69. The van der Waals surface area contributed by atoms with E-state index in [0.717, 1.165) is 63.8 Å². The molecule has 180 valence electrons. The Morgan fingerprint density at radius 2 is 1.94 bits per heavy atom. The quantitative estimate of drug-likeness (QED) is 0.276. The van der Waals surface area contributed by atoms with Crippen LogP contribution in [0.4, 0.5) is 0 Å². The van der Waals surface area contributed by atoms with Gasteiger partial charge in [0.25, 0.3) is 0 Å². The minimum Gasteiger partial charge on any atom is -0.373 e. The van der Waals surface area contributed by atoms with Crippen LogP contribution in [0.3, 0.4) is 0 Å². The molecule has 1 aromatic heterocycles. The van der Waals surface area contributed by atoms with Gasteiger partial charge >= 0.3 is 0 Å². The van der Waals surface area contributed by atoms with E-state index in [2.05, 4.69) is 81.6 Å². The number of para-hydroxylation sites is 1. The Balaban J connectivity index is 0.00000274. The Kier molecular flexibility index (Phi) is 8.74. The van der Waals surface area contributed by atoms with Crippen LogP contribution in [0.2, 0.25) is 0 Å². The van der Waals surface area contributed by atoms with Crippen LogP contribution in [0, 0.1) is 0 Å². The Hall–Kier alpha value is -2.23. The number of nitrogens with one attached hydrogen (secondary N) is 1. The summed E-state index contributed by atoms with van der Waals surface area (Å²) in [6.07, 6.45) is 2.97. The minimum atomic E-state index is 0. The number of pyridine rings is 1. The molecule has 1 N–H and O–H groups in total. The molecular weight excluding hydrogens is 537 g/mol. The second-order valence-corrected chi connectivity index (χ2v) is 8.82. The SMILES string of the molecule is CCNC(=NCCc1cccc2cccnc12)N1CC2OCCN(Cc3ccccc3)C2C1.I. The molecule has 0 amide bonds. The van der Waals surface area contributed by atoms with Gasteiger partial charge in [-0.15, -0.1) is 24.0 Å². The minimum absolute atomic E-state index is 0. The van der Waals surface area contributed by atoms with Crippen LogP contribution in [0.15, 0.2) is 71.9 Å². The number of likely N-dealkylation sites (tertiary alicyclic amines) is 1. The molecule has 0 saturated carbocycles. The van der Waals surface area contributed by atoms with Gasteiger partial charge < -0.3 is 15.0 Å². The smallest absolute Gasteiger partial charge is 0.194 e. The van der Waals surface area contributed by atoms with Crippen molar-refractivity contribution >= 4 is 40.8 Å². The highest BCUT2D eigenvalue weighted by Crippen LogP contribution is 2.25. The lowest BCUT2D eigenvalue weighted by Crippen LogP contribution is -2.50. The Morgan fingerprint density at radius 1 is 1.09 bits per heavy atom. The van der Waals surface area contributed by atoms with Gasteiger partial charge in [-0.1, -0.05) is 54.6 Å². The molecule has 5 rings (SSSR count). The van der Waals surface area contributed by atoms with Gasteiger partial charge in [-0.3, -0.25) is 14.9 Å². The predicted octanol–water partition coefficient (Wildman–Crippen LogP) is 3.95. The molecule has 7 heteroatoms. The van der Waals surface area contributed by atoms with Gasteiger partial charge in [-0.05, 0) is 30.5 Å². The second-order valence-electron chi connectivity index (χ2n) is 8.82. The van der Waals surface area contributed by atoms with Crippen molar-refractivity contribution in [3.8, 4) is 0 Å². The van der Waals surface area contributed by atoms with E-state index in [0.29, 0.717) is 6.04 Å². The fraction of sp³-hybridized carbons (Fsp3) is 0.407. The first kappa shape index (κ1) is 24.9. The predicted molar refractivity (Wildman–Crippen MR) is 149 cm³/mol. The van der Waals surface area contributed by atoms with Crippen molar-refractivity contribution in [2.75, 3.05) is 39.3 Å². The van der Waals surface area contributed by atoms with Crippen molar-refractivity contribution in [3.05, 3.63) is 78.0 Å². The van der Waals surface area contributed by atoms with Gasteiger partial charge in [0.05, 0.1) is 24.3 Å². The lowest BCUT2D eigenvalue weighted by molar-refractivity contribution is -0.0502. The Labute approximate surface area is 219 Å². The molecule has 3 aromatic rings. The maximum absolute atomic E-state index is 6.18. The molecule has 2 unspecified atom stereocenters. The number of hydrogen-bond donors (Lipinski definition) is 1. The number of morpholine rings is 1. The monoisotopic (exact) mass is 571 g/mol. The highest BCUT2D eigenvalue weighted by Gasteiger charge is 2.41. The molecule has 2 fully saturated rings. The fourth-order valence-corrected chi connectivity index (χ4v) is 5.02. The van der Waals surface area contributed by atoms with Crippen molar-refractivity contribution in [3.63, 3.8) is 0 Å². The third kappa shape index (κ3) is 5.70. The van der Waals surface area contributed by atoms with Crippen molar-refractivity contribution in [1.82, 2.24) is 20.1 Å². The summed E-state index contributed by atoms with van der Waals surface area (Å²) < 4.78 is 6.18. The summed E-state index contributed by atoms with van der Waals surface area (Å²) in [6, 6.07) is 21.6. The first-order valence-corrected chi connectivity index (χ1v) is 12.1. The van der Waals surface area contributed by atoms with Gasteiger partial charge in [-0.2, -0.15) is 0 Å².